The Labute approximate surface area is 60.7 Å². The van der Waals surface area contributed by atoms with Crippen LogP contribution in [0, 0.1) is 0 Å². The van der Waals surface area contributed by atoms with Crippen LogP contribution in [-0.2, 0) is 0 Å². The highest BCUT2D eigenvalue weighted by Gasteiger charge is 2.15. The van der Waals surface area contributed by atoms with E-state index in [1.807, 2.05) is 5.38 Å². The molecule has 0 saturated heterocycles. The van der Waals surface area contributed by atoms with Crippen molar-refractivity contribution in [3.63, 3.8) is 0 Å². The van der Waals surface area contributed by atoms with Crippen LogP contribution in [0.25, 0.3) is 0 Å². The summed E-state index contributed by atoms with van der Waals surface area (Å²) in [5.74, 6) is 0. The molecule has 6 heteroatoms. The molecule has 0 bridgehead atoms. The van der Waals surface area contributed by atoms with Gasteiger partial charge in [-0.1, -0.05) is 21.4 Å². The molecule has 0 saturated carbocycles. The lowest BCUT2D eigenvalue weighted by molar-refractivity contribution is -0.732. The van der Waals surface area contributed by atoms with Gasteiger partial charge in [0.05, 0.1) is 5.22 Å². The highest BCUT2D eigenvalue weighted by atomic mass is 32.1. The minimum absolute atomic E-state index is 0.745. The van der Waals surface area contributed by atoms with Crippen LogP contribution in [-0.4, -0.2) is 11.3 Å². The summed E-state index contributed by atoms with van der Waals surface area (Å²) in [6, 6.07) is 0. The van der Waals surface area contributed by atoms with Crippen molar-refractivity contribution in [2.45, 2.75) is 0 Å². The molecule has 0 amide bonds. The Morgan fingerprint density at radius 2 is 2.50 bits per heavy atom. The van der Waals surface area contributed by atoms with E-state index in [9.17, 15) is 0 Å². The number of nitrogens with zero attached hydrogens (tertiary/aromatic N) is 4. The van der Waals surface area contributed by atoms with Crippen LogP contribution in [0.15, 0.2) is 27.1 Å². The summed E-state index contributed by atoms with van der Waals surface area (Å²) in [7, 11) is 0. The van der Waals surface area contributed by atoms with E-state index >= 15 is 0 Å². The summed E-state index contributed by atoms with van der Waals surface area (Å²) in [6.07, 6.45) is 3.33. The van der Waals surface area contributed by atoms with Crippen LogP contribution >= 0.6 is 11.3 Å². The second-order valence-corrected chi connectivity index (χ2v) is 2.55. The van der Waals surface area contributed by atoms with Crippen molar-refractivity contribution in [3.8, 4) is 0 Å². The molecule has 1 aliphatic heterocycles. The van der Waals surface area contributed by atoms with Crippen LogP contribution in [0.2, 0.25) is 0 Å². The standard InChI is InChI=1S/C4H3N5S/c1-2-10-4(5-1)9-3-6-7-8-9/h1-3H/p+1. The van der Waals surface area contributed by atoms with Crippen molar-refractivity contribution in [1.82, 2.24) is 4.98 Å². The van der Waals surface area contributed by atoms with Gasteiger partial charge in [0.15, 0.2) is 0 Å². The molecule has 0 aliphatic carbocycles. The molecule has 2 rings (SSSR count). The maximum Gasteiger partial charge on any atom is 0.318 e. The van der Waals surface area contributed by atoms with E-state index in [0.29, 0.717) is 0 Å². The van der Waals surface area contributed by atoms with E-state index in [-0.39, 0.29) is 0 Å². The average molecular weight is 154 g/mol. The average Bonchev–Trinajstić information content (AvgIpc) is 2.59. The Morgan fingerprint density at radius 1 is 1.50 bits per heavy atom. The number of thiazole rings is 1. The topological polar surface area (TPSA) is 54.4 Å². The number of aromatic nitrogens is 1. The largest absolute Gasteiger partial charge is 0.318 e. The molecule has 1 aromatic rings. The molecule has 50 valence electrons. The normalized spacial score (nSPS) is 22.2. The SMILES string of the molecule is C1=NN=N[NH+]1c1nccs1. The number of hydrogen-bond donors (Lipinski definition) is 1. The van der Waals surface area contributed by atoms with Crippen LogP contribution < -0.4 is 5.01 Å². The number of quaternary nitrogens is 1. The zero-order valence-corrected chi connectivity index (χ0v) is 5.75. The quantitative estimate of drug-likeness (QED) is 0.607. The highest BCUT2D eigenvalue weighted by Crippen LogP contribution is 2.04. The molecule has 1 aromatic heterocycles. The van der Waals surface area contributed by atoms with E-state index in [1.54, 1.807) is 12.5 Å². The van der Waals surface area contributed by atoms with Crippen molar-refractivity contribution in [2.75, 3.05) is 0 Å². The van der Waals surface area contributed by atoms with E-state index in [1.165, 1.54) is 11.3 Å². The Balaban J connectivity index is 2.29. The molecule has 10 heavy (non-hydrogen) atoms. The van der Waals surface area contributed by atoms with Gasteiger partial charge >= 0.3 is 5.13 Å². The van der Waals surface area contributed by atoms with Gasteiger partial charge in [-0.15, -0.1) is 0 Å². The molecule has 0 fully saturated rings. The third-order valence-electron chi connectivity index (χ3n) is 1.04. The van der Waals surface area contributed by atoms with E-state index < -0.39 is 0 Å². The predicted molar refractivity (Wildman–Crippen MR) is 36.1 cm³/mol. The third-order valence-corrected chi connectivity index (χ3v) is 1.83. The number of nitrogens with one attached hydrogen (secondary N) is 1. The number of rotatable bonds is 1. The van der Waals surface area contributed by atoms with Crippen molar-refractivity contribution in [3.05, 3.63) is 11.6 Å². The fourth-order valence-corrected chi connectivity index (χ4v) is 1.21. The first kappa shape index (κ1) is 5.63. The van der Waals surface area contributed by atoms with E-state index in [4.69, 9.17) is 0 Å². The van der Waals surface area contributed by atoms with Gasteiger partial charge in [-0.05, 0) is 0 Å². The molecule has 2 heterocycles. The Morgan fingerprint density at radius 3 is 3.10 bits per heavy atom. The van der Waals surface area contributed by atoms with Gasteiger partial charge in [-0.25, -0.2) is 0 Å². The van der Waals surface area contributed by atoms with Crippen LogP contribution in [0.3, 0.4) is 0 Å². The fourth-order valence-electron chi connectivity index (χ4n) is 0.628. The highest BCUT2D eigenvalue weighted by molar-refractivity contribution is 7.12. The minimum atomic E-state index is 0.745. The molecule has 1 N–H and O–H groups in total. The van der Waals surface area contributed by atoms with Crippen molar-refractivity contribution in [2.24, 2.45) is 15.5 Å². The van der Waals surface area contributed by atoms with Crippen LogP contribution in [0.5, 0.6) is 0 Å². The lowest BCUT2D eigenvalue weighted by Crippen LogP contribution is -2.99. The van der Waals surface area contributed by atoms with Crippen molar-refractivity contribution in [1.29, 1.82) is 0 Å². The summed E-state index contributed by atoms with van der Waals surface area (Å²) in [6.45, 7) is 0. The molecule has 0 radical (unpaired) electrons. The fraction of sp³-hybridized carbons (Fsp3) is 0. The summed E-state index contributed by atoms with van der Waals surface area (Å²) >= 11 is 1.53. The molecule has 5 nitrogen and oxygen atoms in total. The monoisotopic (exact) mass is 154 g/mol. The molecule has 1 unspecified atom stereocenters. The predicted octanol–water partition coefficient (Wildman–Crippen LogP) is -0.0164. The van der Waals surface area contributed by atoms with E-state index in [2.05, 4.69) is 20.5 Å². The molecule has 1 aliphatic rings. The van der Waals surface area contributed by atoms with Gasteiger partial charge in [0.25, 0.3) is 0 Å². The maximum atomic E-state index is 4.03. The summed E-state index contributed by atoms with van der Waals surface area (Å²) < 4.78 is 0. The molecule has 0 spiro atoms. The van der Waals surface area contributed by atoms with Gasteiger partial charge in [-0.3, -0.25) is 0 Å². The van der Waals surface area contributed by atoms with Gasteiger partial charge in [0, 0.05) is 16.8 Å². The van der Waals surface area contributed by atoms with Crippen molar-refractivity contribution >= 4 is 22.8 Å². The Kier molecular flexibility index (Phi) is 1.26. The molecular weight excluding hydrogens is 150 g/mol. The first-order valence-electron chi connectivity index (χ1n) is 2.68. The Hall–Kier alpha value is -1.14. The van der Waals surface area contributed by atoms with Gasteiger partial charge in [0.1, 0.15) is 0 Å². The van der Waals surface area contributed by atoms with Gasteiger partial charge in [-0.2, -0.15) is 4.98 Å². The Bertz CT molecular complexity index is 251. The number of hydrogen-bond acceptors (Lipinski definition) is 5. The molecular formula is C4H4N5S+. The lowest BCUT2D eigenvalue weighted by atomic mass is 11.0. The maximum absolute atomic E-state index is 4.03. The summed E-state index contributed by atoms with van der Waals surface area (Å²) in [5, 5.41) is 14.3. The zero-order valence-electron chi connectivity index (χ0n) is 4.93. The first-order chi connectivity index (χ1) is 4.97. The second kappa shape index (κ2) is 2.24. The summed E-state index contributed by atoms with van der Waals surface area (Å²) in [5.41, 5.74) is 0. The molecule has 1 atom stereocenters. The van der Waals surface area contributed by atoms with Crippen LogP contribution in [0.1, 0.15) is 0 Å². The molecule has 0 aromatic carbocycles. The smallest absolute Gasteiger partial charge is 0.191 e. The zero-order chi connectivity index (χ0) is 6.81. The van der Waals surface area contributed by atoms with Gasteiger partial charge < -0.3 is 0 Å². The third kappa shape index (κ3) is 0.829. The summed E-state index contributed by atoms with van der Waals surface area (Å²) in [4.78, 5) is 4.03. The minimum Gasteiger partial charge on any atom is -0.191 e. The van der Waals surface area contributed by atoms with Gasteiger partial charge in [0.2, 0.25) is 6.34 Å². The van der Waals surface area contributed by atoms with E-state index in [0.717, 1.165) is 10.1 Å². The second-order valence-electron chi connectivity index (χ2n) is 1.66. The van der Waals surface area contributed by atoms with Crippen molar-refractivity contribution < 1.29 is 5.01 Å². The van der Waals surface area contributed by atoms with Crippen LogP contribution in [0.4, 0.5) is 5.13 Å². The first-order valence-corrected chi connectivity index (χ1v) is 3.56. The lowest BCUT2D eigenvalue weighted by Gasteiger charge is -1.90.